The molecule has 0 aliphatic carbocycles. The summed E-state index contributed by atoms with van der Waals surface area (Å²) in [4.78, 5) is 3.95. The van der Waals surface area contributed by atoms with Gasteiger partial charge in [-0.15, -0.1) is 0 Å². The predicted octanol–water partition coefficient (Wildman–Crippen LogP) is 1.11. The molecule has 2 heterocycles. The summed E-state index contributed by atoms with van der Waals surface area (Å²) in [5.74, 6) is 0. The Bertz CT molecular complexity index is 393. The number of hydrogen-bond acceptors (Lipinski definition) is 4. The largest absolute Gasteiger partial charge is 0.397 e. The molecule has 0 aliphatic heterocycles. The van der Waals surface area contributed by atoms with E-state index in [2.05, 4.69) is 10.1 Å². The van der Waals surface area contributed by atoms with Gasteiger partial charge in [0.05, 0.1) is 23.0 Å². The Morgan fingerprint density at radius 1 is 1.55 bits per heavy atom. The summed E-state index contributed by atoms with van der Waals surface area (Å²) in [5, 5.41) is 4.62. The highest BCUT2D eigenvalue weighted by Crippen LogP contribution is 2.16. The normalized spacial score (nSPS) is 10.6. The average Bonchev–Trinajstić information content (AvgIpc) is 2.33. The maximum absolute atomic E-state index is 5.52. The number of nitrogens with two attached hydrogens (primary N) is 1. The van der Waals surface area contributed by atoms with E-state index in [-0.39, 0.29) is 0 Å². The SMILES string of the molecule is Cc1noc2ncc(N)cc12. The minimum atomic E-state index is 0.539. The lowest BCUT2D eigenvalue weighted by Crippen LogP contribution is -1.85. The Labute approximate surface area is 63.0 Å². The lowest BCUT2D eigenvalue weighted by atomic mass is 10.3. The molecule has 0 saturated carbocycles. The minimum absolute atomic E-state index is 0.539. The van der Waals surface area contributed by atoms with E-state index in [4.69, 9.17) is 10.3 Å². The molecular formula is C7H7N3O. The summed E-state index contributed by atoms with van der Waals surface area (Å²) >= 11 is 0. The number of nitrogens with zero attached hydrogens (tertiary/aromatic N) is 2. The smallest absolute Gasteiger partial charge is 0.258 e. The zero-order valence-electron chi connectivity index (χ0n) is 6.03. The van der Waals surface area contributed by atoms with Gasteiger partial charge in [0.1, 0.15) is 0 Å². The lowest BCUT2D eigenvalue weighted by Gasteiger charge is -1.88. The molecule has 2 aromatic rings. The van der Waals surface area contributed by atoms with Crippen molar-refractivity contribution in [3.63, 3.8) is 0 Å². The highest BCUT2D eigenvalue weighted by atomic mass is 16.5. The summed E-state index contributed by atoms with van der Waals surface area (Å²) in [6.45, 7) is 1.85. The van der Waals surface area contributed by atoms with Crippen LogP contribution in [-0.4, -0.2) is 10.1 Å². The summed E-state index contributed by atoms with van der Waals surface area (Å²) in [7, 11) is 0. The fourth-order valence-electron chi connectivity index (χ4n) is 0.961. The van der Waals surface area contributed by atoms with Gasteiger partial charge in [0.2, 0.25) is 0 Å². The van der Waals surface area contributed by atoms with E-state index in [1.165, 1.54) is 0 Å². The molecule has 4 nitrogen and oxygen atoms in total. The Kier molecular flexibility index (Phi) is 1.09. The first-order valence-corrected chi connectivity index (χ1v) is 3.25. The molecule has 2 aromatic heterocycles. The number of pyridine rings is 1. The number of nitrogen functional groups attached to an aromatic ring is 1. The number of rotatable bonds is 0. The van der Waals surface area contributed by atoms with Gasteiger partial charge in [-0.25, -0.2) is 4.98 Å². The van der Waals surface area contributed by atoms with Crippen molar-refractivity contribution >= 4 is 16.8 Å². The van der Waals surface area contributed by atoms with E-state index in [0.29, 0.717) is 11.4 Å². The highest BCUT2D eigenvalue weighted by molar-refractivity contribution is 5.78. The van der Waals surface area contributed by atoms with Gasteiger partial charge < -0.3 is 10.3 Å². The zero-order valence-corrected chi connectivity index (χ0v) is 6.03. The van der Waals surface area contributed by atoms with Gasteiger partial charge in [-0.1, -0.05) is 5.16 Å². The van der Waals surface area contributed by atoms with Crippen molar-refractivity contribution in [2.24, 2.45) is 0 Å². The molecule has 0 radical (unpaired) electrons. The third-order valence-corrected chi connectivity index (χ3v) is 1.53. The van der Waals surface area contributed by atoms with Gasteiger partial charge in [-0.2, -0.15) is 0 Å². The minimum Gasteiger partial charge on any atom is -0.397 e. The number of hydrogen-bond donors (Lipinski definition) is 1. The van der Waals surface area contributed by atoms with E-state index in [0.717, 1.165) is 11.1 Å². The van der Waals surface area contributed by atoms with Gasteiger partial charge in [0, 0.05) is 0 Å². The Morgan fingerprint density at radius 3 is 3.18 bits per heavy atom. The van der Waals surface area contributed by atoms with E-state index in [9.17, 15) is 0 Å². The molecular weight excluding hydrogens is 142 g/mol. The van der Waals surface area contributed by atoms with Crippen LogP contribution in [0.1, 0.15) is 5.69 Å². The molecule has 56 valence electrons. The fourth-order valence-corrected chi connectivity index (χ4v) is 0.961. The molecule has 11 heavy (non-hydrogen) atoms. The number of fused-ring (bicyclic) bond motifs is 1. The first-order valence-electron chi connectivity index (χ1n) is 3.25. The van der Waals surface area contributed by atoms with E-state index in [1.807, 2.05) is 6.92 Å². The van der Waals surface area contributed by atoms with Crippen LogP contribution in [0.2, 0.25) is 0 Å². The second-order valence-corrected chi connectivity index (χ2v) is 2.39. The van der Waals surface area contributed by atoms with Crippen LogP contribution in [0.3, 0.4) is 0 Å². The quantitative estimate of drug-likeness (QED) is 0.609. The van der Waals surface area contributed by atoms with Crippen molar-refractivity contribution in [3.05, 3.63) is 18.0 Å². The van der Waals surface area contributed by atoms with Crippen molar-refractivity contribution in [3.8, 4) is 0 Å². The molecule has 0 saturated heterocycles. The van der Waals surface area contributed by atoms with Crippen LogP contribution in [0.15, 0.2) is 16.8 Å². The highest BCUT2D eigenvalue weighted by Gasteiger charge is 2.03. The average molecular weight is 149 g/mol. The molecule has 4 heteroatoms. The molecule has 0 amide bonds. The number of anilines is 1. The summed E-state index contributed by atoms with van der Waals surface area (Å²) in [6, 6.07) is 1.80. The van der Waals surface area contributed by atoms with Gasteiger partial charge in [0.25, 0.3) is 5.71 Å². The van der Waals surface area contributed by atoms with E-state index in [1.54, 1.807) is 12.3 Å². The second kappa shape index (κ2) is 1.95. The topological polar surface area (TPSA) is 64.9 Å². The maximum atomic E-state index is 5.52. The van der Waals surface area contributed by atoms with Gasteiger partial charge >= 0.3 is 0 Å². The fraction of sp³-hybridized carbons (Fsp3) is 0.143. The predicted molar refractivity (Wildman–Crippen MR) is 41.0 cm³/mol. The number of aromatic nitrogens is 2. The number of aryl methyl sites for hydroxylation is 1. The molecule has 2 rings (SSSR count). The third kappa shape index (κ3) is 0.832. The first kappa shape index (κ1) is 6.15. The van der Waals surface area contributed by atoms with Crippen molar-refractivity contribution < 1.29 is 4.52 Å². The summed E-state index contributed by atoms with van der Waals surface area (Å²) < 4.78 is 4.89. The summed E-state index contributed by atoms with van der Waals surface area (Å²) in [5.41, 5.74) is 7.51. The molecule has 0 unspecified atom stereocenters. The molecule has 0 bridgehead atoms. The zero-order chi connectivity index (χ0) is 7.84. The van der Waals surface area contributed by atoms with Crippen LogP contribution in [0.4, 0.5) is 5.69 Å². The van der Waals surface area contributed by atoms with Crippen LogP contribution in [0, 0.1) is 6.92 Å². The maximum Gasteiger partial charge on any atom is 0.258 e. The Hall–Kier alpha value is -1.58. The van der Waals surface area contributed by atoms with Gasteiger partial charge in [0.15, 0.2) is 0 Å². The molecule has 0 spiro atoms. The molecule has 0 fully saturated rings. The molecule has 0 aromatic carbocycles. The molecule has 2 N–H and O–H groups in total. The van der Waals surface area contributed by atoms with Crippen molar-refractivity contribution in [1.29, 1.82) is 0 Å². The Balaban J connectivity index is 2.87. The van der Waals surface area contributed by atoms with Crippen LogP contribution < -0.4 is 5.73 Å². The van der Waals surface area contributed by atoms with Crippen LogP contribution in [0.25, 0.3) is 11.1 Å². The van der Waals surface area contributed by atoms with Gasteiger partial charge in [-0.05, 0) is 13.0 Å². The van der Waals surface area contributed by atoms with Crippen molar-refractivity contribution in [2.45, 2.75) is 6.92 Å². The van der Waals surface area contributed by atoms with Crippen LogP contribution in [-0.2, 0) is 0 Å². The van der Waals surface area contributed by atoms with Crippen molar-refractivity contribution in [1.82, 2.24) is 10.1 Å². The lowest BCUT2D eigenvalue weighted by molar-refractivity contribution is 0.443. The van der Waals surface area contributed by atoms with Crippen molar-refractivity contribution in [2.75, 3.05) is 5.73 Å². The van der Waals surface area contributed by atoms with E-state index < -0.39 is 0 Å². The monoisotopic (exact) mass is 149 g/mol. The first-order chi connectivity index (χ1) is 5.27. The summed E-state index contributed by atoms with van der Waals surface area (Å²) in [6.07, 6.45) is 1.55. The second-order valence-electron chi connectivity index (χ2n) is 2.39. The van der Waals surface area contributed by atoms with E-state index >= 15 is 0 Å². The third-order valence-electron chi connectivity index (χ3n) is 1.53. The van der Waals surface area contributed by atoms with Gasteiger partial charge in [-0.3, -0.25) is 0 Å². The Morgan fingerprint density at radius 2 is 2.36 bits per heavy atom. The molecule has 0 atom stereocenters. The molecule has 0 aliphatic rings. The standard InChI is InChI=1S/C7H7N3O/c1-4-6-2-5(8)3-9-7(6)11-10-4/h2-3H,8H2,1H3. The van der Waals surface area contributed by atoms with Crippen LogP contribution >= 0.6 is 0 Å². The van der Waals surface area contributed by atoms with Crippen LogP contribution in [0.5, 0.6) is 0 Å².